The lowest BCUT2D eigenvalue weighted by Gasteiger charge is -2.11. The highest BCUT2D eigenvalue weighted by Crippen LogP contribution is 2.19. The first kappa shape index (κ1) is 19.5. The summed E-state index contributed by atoms with van der Waals surface area (Å²) in [4.78, 5) is 9.19. The van der Waals surface area contributed by atoms with Crippen LogP contribution in [0.1, 0.15) is 23.7 Å². The number of aromatic nitrogens is 1. The summed E-state index contributed by atoms with van der Waals surface area (Å²) >= 11 is 0. The third kappa shape index (κ3) is 5.13. The van der Waals surface area contributed by atoms with Gasteiger partial charge in [-0.25, -0.2) is 9.98 Å². The molecule has 0 amide bonds. The highest BCUT2D eigenvalue weighted by atomic mass is 16.5. The number of nitrogens with zero attached hydrogens (tertiary/aromatic N) is 2. The standard InChI is InChI=1S/C22H26N4O2/c1-4-23-22(24-13-18-7-5-6-8-20(18)27-3)25-14-19-15-28-21(26-19)17-11-9-16(2)10-12-17/h5-12,15H,4,13-14H2,1-3H3,(H2,23,24,25). The summed E-state index contributed by atoms with van der Waals surface area (Å²) in [5, 5.41) is 6.54. The molecule has 3 aromatic rings. The second-order valence-electron chi connectivity index (χ2n) is 6.37. The Labute approximate surface area is 165 Å². The van der Waals surface area contributed by atoms with Gasteiger partial charge in [0.05, 0.1) is 25.9 Å². The number of guanidine groups is 1. The molecule has 0 saturated heterocycles. The van der Waals surface area contributed by atoms with E-state index in [0.717, 1.165) is 29.1 Å². The molecule has 0 unspecified atom stereocenters. The van der Waals surface area contributed by atoms with E-state index < -0.39 is 0 Å². The van der Waals surface area contributed by atoms with E-state index in [1.807, 2.05) is 55.5 Å². The van der Waals surface area contributed by atoms with E-state index in [-0.39, 0.29) is 0 Å². The van der Waals surface area contributed by atoms with Crippen LogP contribution in [0.3, 0.4) is 0 Å². The van der Waals surface area contributed by atoms with Crippen LogP contribution in [0.15, 0.2) is 64.2 Å². The Bertz CT molecular complexity index is 916. The van der Waals surface area contributed by atoms with Crippen molar-refractivity contribution in [2.45, 2.75) is 26.9 Å². The number of methoxy groups -OCH3 is 1. The molecule has 0 fully saturated rings. The van der Waals surface area contributed by atoms with E-state index in [0.29, 0.717) is 24.9 Å². The Morgan fingerprint density at radius 1 is 1.11 bits per heavy atom. The van der Waals surface area contributed by atoms with Crippen molar-refractivity contribution in [3.05, 3.63) is 71.6 Å². The molecule has 0 aliphatic heterocycles. The lowest BCUT2D eigenvalue weighted by Crippen LogP contribution is -2.36. The number of para-hydroxylation sites is 1. The molecule has 28 heavy (non-hydrogen) atoms. The van der Waals surface area contributed by atoms with Crippen LogP contribution in [-0.4, -0.2) is 24.6 Å². The van der Waals surface area contributed by atoms with E-state index in [2.05, 4.69) is 27.5 Å². The predicted molar refractivity (Wildman–Crippen MR) is 111 cm³/mol. The first-order valence-electron chi connectivity index (χ1n) is 9.35. The van der Waals surface area contributed by atoms with Crippen molar-refractivity contribution in [3.8, 4) is 17.2 Å². The third-order valence-corrected chi connectivity index (χ3v) is 4.23. The van der Waals surface area contributed by atoms with Gasteiger partial charge in [-0.05, 0) is 32.0 Å². The summed E-state index contributed by atoms with van der Waals surface area (Å²) in [5.74, 6) is 2.17. The minimum atomic E-state index is 0.521. The zero-order valence-electron chi connectivity index (χ0n) is 16.5. The summed E-state index contributed by atoms with van der Waals surface area (Å²) < 4.78 is 11.0. The monoisotopic (exact) mass is 378 g/mol. The summed E-state index contributed by atoms with van der Waals surface area (Å²) in [5.41, 5.74) is 4.02. The van der Waals surface area contributed by atoms with Crippen molar-refractivity contribution in [1.29, 1.82) is 0 Å². The third-order valence-electron chi connectivity index (χ3n) is 4.23. The number of rotatable bonds is 7. The van der Waals surface area contributed by atoms with Crippen LogP contribution in [-0.2, 0) is 13.1 Å². The quantitative estimate of drug-likeness (QED) is 0.482. The van der Waals surface area contributed by atoms with Crippen molar-refractivity contribution in [1.82, 2.24) is 15.6 Å². The average Bonchev–Trinajstić information content (AvgIpc) is 3.20. The topological polar surface area (TPSA) is 71.7 Å². The Morgan fingerprint density at radius 3 is 2.64 bits per heavy atom. The normalized spacial score (nSPS) is 11.3. The van der Waals surface area contributed by atoms with Gasteiger partial charge in [-0.1, -0.05) is 35.9 Å². The fourth-order valence-electron chi connectivity index (χ4n) is 2.73. The van der Waals surface area contributed by atoms with E-state index >= 15 is 0 Å². The molecule has 0 spiro atoms. The number of benzene rings is 2. The van der Waals surface area contributed by atoms with E-state index in [9.17, 15) is 0 Å². The first-order chi connectivity index (χ1) is 13.7. The largest absolute Gasteiger partial charge is 0.496 e. The molecule has 0 atom stereocenters. The van der Waals surface area contributed by atoms with Crippen LogP contribution in [0, 0.1) is 6.92 Å². The lowest BCUT2D eigenvalue weighted by atomic mass is 10.1. The highest BCUT2D eigenvalue weighted by molar-refractivity contribution is 5.79. The van der Waals surface area contributed by atoms with Gasteiger partial charge in [0.15, 0.2) is 5.96 Å². The molecule has 0 bridgehead atoms. The average molecular weight is 378 g/mol. The molecule has 0 aliphatic rings. The Morgan fingerprint density at radius 2 is 1.89 bits per heavy atom. The highest BCUT2D eigenvalue weighted by Gasteiger charge is 2.08. The van der Waals surface area contributed by atoms with Gasteiger partial charge in [0.1, 0.15) is 12.0 Å². The van der Waals surface area contributed by atoms with Gasteiger partial charge in [0, 0.05) is 17.7 Å². The molecule has 0 aliphatic carbocycles. The molecule has 3 rings (SSSR count). The maximum absolute atomic E-state index is 5.61. The Kier molecular flexibility index (Phi) is 6.68. The molecule has 0 saturated carbocycles. The number of hydrogen-bond acceptors (Lipinski definition) is 4. The lowest BCUT2D eigenvalue weighted by molar-refractivity contribution is 0.410. The molecule has 0 radical (unpaired) electrons. The molecule has 2 N–H and O–H groups in total. The van der Waals surface area contributed by atoms with Gasteiger partial charge in [0.25, 0.3) is 0 Å². The smallest absolute Gasteiger partial charge is 0.226 e. The predicted octanol–water partition coefficient (Wildman–Crippen LogP) is 3.91. The Balaban J connectivity index is 1.64. The zero-order valence-corrected chi connectivity index (χ0v) is 16.5. The SMILES string of the molecule is CCNC(=NCc1ccccc1OC)NCc1coc(-c2ccc(C)cc2)n1. The summed E-state index contributed by atoms with van der Waals surface area (Å²) in [6.07, 6.45) is 1.67. The zero-order chi connectivity index (χ0) is 19.8. The number of aliphatic imine (C=N–C) groups is 1. The molecule has 2 aromatic carbocycles. The molecular formula is C22H26N4O2. The molecule has 1 heterocycles. The van der Waals surface area contributed by atoms with Crippen LogP contribution in [0.5, 0.6) is 5.75 Å². The van der Waals surface area contributed by atoms with Crippen molar-refractivity contribution in [2.24, 2.45) is 4.99 Å². The summed E-state index contributed by atoms with van der Waals surface area (Å²) in [6, 6.07) is 16.0. The van der Waals surface area contributed by atoms with Crippen molar-refractivity contribution in [3.63, 3.8) is 0 Å². The summed E-state index contributed by atoms with van der Waals surface area (Å²) in [6.45, 7) is 5.90. The van der Waals surface area contributed by atoms with Crippen molar-refractivity contribution in [2.75, 3.05) is 13.7 Å². The van der Waals surface area contributed by atoms with E-state index in [4.69, 9.17) is 9.15 Å². The van der Waals surface area contributed by atoms with Crippen molar-refractivity contribution < 1.29 is 9.15 Å². The van der Waals surface area contributed by atoms with Crippen LogP contribution >= 0.6 is 0 Å². The van der Waals surface area contributed by atoms with Crippen LogP contribution in [0.2, 0.25) is 0 Å². The fourth-order valence-corrected chi connectivity index (χ4v) is 2.73. The molecule has 6 heteroatoms. The Hall–Kier alpha value is -3.28. The van der Waals surface area contributed by atoms with Crippen LogP contribution in [0.4, 0.5) is 0 Å². The minimum Gasteiger partial charge on any atom is -0.496 e. The van der Waals surface area contributed by atoms with E-state index in [1.165, 1.54) is 5.56 Å². The number of hydrogen-bond donors (Lipinski definition) is 2. The minimum absolute atomic E-state index is 0.521. The molecule has 6 nitrogen and oxygen atoms in total. The van der Waals surface area contributed by atoms with Crippen LogP contribution in [0.25, 0.3) is 11.5 Å². The van der Waals surface area contributed by atoms with Gasteiger partial charge in [-0.3, -0.25) is 0 Å². The van der Waals surface area contributed by atoms with E-state index in [1.54, 1.807) is 13.4 Å². The van der Waals surface area contributed by atoms with Gasteiger partial charge in [-0.2, -0.15) is 0 Å². The second-order valence-corrected chi connectivity index (χ2v) is 6.37. The van der Waals surface area contributed by atoms with Crippen molar-refractivity contribution >= 4 is 5.96 Å². The maximum Gasteiger partial charge on any atom is 0.226 e. The molecule has 146 valence electrons. The number of ether oxygens (including phenoxy) is 1. The maximum atomic E-state index is 5.61. The van der Waals surface area contributed by atoms with Gasteiger partial charge in [-0.15, -0.1) is 0 Å². The van der Waals surface area contributed by atoms with Gasteiger partial charge >= 0.3 is 0 Å². The summed E-state index contributed by atoms with van der Waals surface area (Å²) in [7, 11) is 1.67. The fraction of sp³-hybridized carbons (Fsp3) is 0.273. The van der Waals surface area contributed by atoms with Crippen LogP contribution < -0.4 is 15.4 Å². The molecular weight excluding hydrogens is 352 g/mol. The second kappa shape index (κ2) is 9.60. The van der Waals surface area contributed by atoms with Gasteiger partial charge < -0.3 is 19.8 Å². The molecule has 1 aromatic heterocycles. The number of oxazole rings is 1. The first-order valence-corrected chi connectivity index (χ1v) is 9.35. The number of aryl methyl sites for hydroxylation is 1. The number of nitrogens with one attached hydrogen (secondary N) is 2. The van der Waals surface area contributed by atoms with Gasteiger partial charge in [0.2, 0.25) is 5.89 Å².